The van der Waals surface area contributed by atoms with Crippen molar-refractivity contribution >= 4 is 17.8 Å². The molecule has 1 aromatic heterocycles. The van der Waals surface area contributed by atoms with E-state index in [1.54, 1.807) is 18.5 Å². The van der Waals surface area contributed by atoms with Gasteiger partial charge in [0.1, 0.15) is 0 Å². The lowest BCUT2D eigenvalue weighted by atomic mass is 10.1. The minimum Gasteiger partial charge on any atom is -0.354 e. The highest BCUT2D eigenvalue weighted by Gasteiger charge is 2.38. The molecule has 0 aromatic carbocycles. The second-order valence-electron chi connectivity index (χ2n) is 6.18. The largest absolute Gasteiger partial charge is 0.354 e. The number of amides is 2. The lowest BCUT2D eigenvalue weighted by Gasteiger charge is -2.23. The van der Waals surface area contributed by atoms with E-state index in [0.717, 1.165) is 12.8 Å². The molecule has 1 aliphatic carbocycles. The maximum atomic E-state index is 12.2. The lowest BCUT2D eigenvalue weighted by molar-refractivity contribution is -0.130. The minimum atomic E-state index is -0.212. The number of likely N-dealkylation sites (tertiary alicyclic amines) is 1. The fraction of sp³-hybridized carbons (Fsp3) is 0.625. The van der Waals surface area contributed by atoms with Gasteiger partial charge < -0.3 is 15.5 Å². The fourth-order valence-electron chi connectivity index (χ4n) is 3.37. The number of hydrogen-bond donors (Lipinski definition) is 2. The average molecular weight is 317 g/mol. The molecule has 1 atom stereocenters. The van der Waals surface area contributed by atoms with Gasteiger partial charge in [-0.1, -0.05) is 12.8 Å². The minimum absolute atomic E-state index is 0.0328. The average Bonchev–Trinajstić information content (AvgIpc) is 3.21. The van der Waals surface area contributed by atoms with Crippen molar-refractivity contribution < 1.29 is 9.59 Å². The van der Waals surface area contributed by atoms with E-state index in [1.807, 2.05) is 4.90 Å². The van der Waals surface area contributed by atoms with Crippen LogP contribution in [0.2, 0.25) is 0 Å². The van der Waals surface area contributed by atoms with Gasteiger partial charge in [0.2, 0.25) is 17.8 Å². The number of carbonyl (C=O) groups excluding carboxylic acids is 2. The molecule has 1 saturated heterocycles. The second kappa shape index (κ2) is 7.39. The summed E-state index contributed by atoms with van der Waals surface area (Å²) in [7, 11) is 0. The zero-order valence-corrected chi connectivity index (χ0v) is 13.2. The number of aromatic nitrogens is 2. The van der Waals surface area contributed by atoms with Crippen LogP contribution in [0.5, 0.6) is 0 Å². The first-order chi connectivity index (χ1) is 11.2. The Kier molecular flexibility index (Phi) is 5.05. The van der Waals surface area contributed by atoms with Gasteiger partial charge in [-0.25, -0.2) is 9.97 Å². The van der Waals surface area contributed by atoms with Crippen LogP contribution in [0.25, 0.3) is 0 Å². The molecule has 7 heteroatoms. The first-order valence-corrected chi connectivity index (χ1v) is 8.32. The van der Waals surface area contributed by atoms with Crippen LogP contribution in [0.15, 0.2) is 18.5 Å². The van der Waals surface area contributed by atoms with E-state index in [9.17, 15) is 9.59 Å². The summed E-state index contributed by atoms with van der Waals surface area (Å²) in [6.45, 7) is 1.62. The monoisotopic (exact) mass is 317 g/mol. The summed E-state index contributed by atoms with van der Waals surface area (Å²) in [6.07, 6.45) is 8.22. The van der Waals surface area contributed by atoms with E-state index in [4.69, 9.17) is 0 Å². The van der Waals surface area contributed by atoms with Crippen LogP contribution in [0, 0.1) is 5.92 Å². The van der Waals surface area contributed by atoms with Gasteiger partial charge in [0.25, 0.3) is 0 Å². The molecule has 1 aliphatic heterocycles. The zero-order chi connectivity index (χ0) is 16.1. The molecule has 0 unspecified atom stereocenters. The zero-order valence-electron chi connectivity index (χ0n) is 13.2. The Morgan fingerprint density at radius 2 is 1.96 bits per heavy atom. The van der Waals surface area contributed by atoms with Crippen LogP contribution in [0.1, 0.15) is 32.1 Å². The summed E-state index contributed by atoms with van der Waals surface area (Å²) in [5, 5.41) is 5.93. The van der Waals surface area contributed by atoms with E-state index in [1.165, 1.54) is 12.8 Å². The highest BCUT2D eigenvalue weighted by Crippen LogP contribution is 2.29. The molecule has 124 valence electrons. The van der Waals surface area contributed by atoms with Crippen LogP contribution >= 0.6 is 0 Å². The molecule has 0 bridgehead atoms. The molecule has 1 aromatic rings. The molecule has 2 aliphatic rings. The Labute approximate surface area is 135 Å². The maximum absolute atomic E-state index is 12.2. The fourth-order valence-corrected chi connectivity index (χ4v) is 3.37. The van der Waals surface area contributed by atoms with Gasteiger partial charge in [0.05, 0.1) is 5.92 Å². The lowest BCUT2D eigenvalue weighted by Crippen LogP contribution is -2.38. The van der Waals surface area contributed by atoms with Crippen LogP contribution < -0.4 is 10.6 Å². The van der Waals surface area contributed by atoms with E-state index in [0.29, 0.717) is 38.0 Å². The van der Waals surface area contributed by atoms with E-state index in [-0.39, 0.29) is 17.7 Å². The maximum Gasteiger partial charge on any atom is 0.225 e. The Balaban J connectivity index is 1.39. The van der Waals surface area contributed by atoms with Crippen molar-refractivity contribution in [2.45, 2.75) is 38.1 Å². The molecule has 2 amide bonds. The summed E-state index contributed by atoms with van der Waals surface area (Å²) in [6, 6.07) is 2.11. The first kappa shape index (κ1) is 15.7. The molecule has 23 heavy (non-hydrogen) atoms. The number of anilines is 1. The number of nitrogens with zero attached hydrogens (tertiary/aromatic N) is 3. The normalized spacial score (nSPS) is 21.7. The summed E-state index contributed by atoms with van der Waals surface area (Å²) in [4.78, 5) is 34.3. The second-order valence-corrected chi connectivity index (χ2v) is 6.18. The third-order valence-corrected chi connectivity index (χ3v) is 4.57. The van der Waals surface area contributed by atoms with Crippen molar-refractivity contribution in [3.8, 4) is 0 Å². The van der Waals surface area contributed by atoms with E-state index in [2.05, 4.69) is 20.6 Å². The highest BCUT2D eigenvalue weighted by molar-refractivity contribution is 5.89. The van der Waals surface area contributed by atoms with Crippen LogP contribution in [-0.4, -0.2) is 52.4 Å². The predicted molar refractivity (Wildman–Crippen MR) is 85.6 cm³/mol. The standard InChI is InChI=1S/C16H23N5O2/c22-14-10-12(11-21(14)13-4-1-2-5-13)15(23)17-8-9-20-16-18-6-3-7-19-16/h3,6-7,12-13H,1-2,4-5,8-11H2,(H,17,23)(H,18,19,20)/t12-/m1/s1. The first-order valence-electron chi connectivity index (χ1n) is 8.32. The van der Waals surface area contributed by atoms with Gasteiger partial charge in [-0.2, -0.15) is 0 Å². The molecule has 2 fully saturated rings. The predicted octanol–water partition coefficient (Wildman–Crippen LogP) is 0.796. The molecular weight excluding hydrogens is 294 g/mol. The summed E-state index contributed by atoms with van der Waals surface area (Å²) >= 11 is 0. The van der Waals surface area contributed by atoms with Gasteiger partial charge in [-0.05, 0) is 18.9 Å². The summed E-state index contributed by atoms with van der Waals surface area (Å²) < 4.78 is 0. The smallest absolute Gasteiger partial charge is 0.225 e. The summed E-state index contributed by atoms with van der Waals surface area (Å²) in [5.41, 5.74) is 0. The van der Waals surface area contributed by atoms with Crippen molar-refractivity contribution in [3.05, 3.63) is 18.5 Å². The van der Waals surface area contributed by atoms with Crippen molar-refractivity contribution in [3.63, 3.8) is 0 Å². The van der Waals surface area contributed by atoms with Crippen molar-refractivity contribution in [1.82, 2.24) is 20.2 Å². The van der Waals surface area contributed by atoms with Crippen molar-refractivity contribution in [1.29, 1.82) is 0 Å². The molecule has 2 heterocycles. The van der Waals surface area contributed by atoms with Gasteiger partial charge in [-0.3, -0.25) is 9.59 Å². The van der Waals surface area contributed by atoms with Crippen LogP contribution in [0.4, 0.5) is 5.95 Å². The highest BCUT2D eigenvalue weighted by atomic mass is 16.2. The third kappa shape index (κ3) is 3.97. The van der Waals surface area contributed by atoms with Crippen molar-refractivity contribution in [2.24, 2.45) is 5.92 Å². The van der Waals surface area contributed by atoms with Gasteiger partial charge in [-0.15, -0.1) is 0 Å². The molecule has 0 radical (unpaired) electrons. The number of carbonyl (C=O) groups is 2. The van der Waals surface area contributed by atoms with Gasteiger partial charge in [0.15, 0.2) is 0 Å². The SMILES string of the molecule is O=C(NCCNc1ncccn1)[C@@H]1CC(=O)N(C2CCCC2)C1. The quantitative estimate of drug-likeness (QED) is 0.758. The number of rotatable bonds is 6. The van der Waals surface area contributed by atoms with Gasteiger partial charge in [0, 0.05) is 44.5 Å². The van der Waals surface area contributed by atoms with Crippen LogP contribution in [0.3, 0.4) is 0 Å². The molecular formula is C16H23N5O2. The molecule has 0 spiro atoms. The third-order valence-electron chi connectivity index (χ3n) is 4.57. The molecule has 2 N–H and O–H groups in total. The Morgan fingerprint density at radius 3 is 2.70 bits per heavy atom. The summed E-state index contributed by atoms with van der Waals surface area (Å²) in [5.74, 6) is 0.434. The molecule has 3 rings (SSSR count). The number of hydrogen-bond acceptors (Lipinski definition) is 5. The Hall–Kier alpha value is -2.18. The Morgan fingerprint density at radius 1 is 1.22 bits per heavy atom. The van der Waals surface area contributed by atoms with Gasteiger partial charge >= 0.3 is 0 Å². The molecule has 7 nitrogen and oxygen atoms in total. The topological polar surface area (TPSA) is 87.2 Å². The number of nitrogens with one attached hydrogen (secondary N) is 2. The van der Waals surface area contributed by atoms with Crippen LogP contribution in [-0.2, 0) is 9.59 Å². The molecule has 1 saturated carbocycles. The van der Waals surface area contributed by atoms with E-state index < -0.39 is 0 Å². The van der Waals surface area contributed by atoms with Crippen molar-refractivity contribution in [2.75, 3.05) is 25.0 Å². The Bertz CT molecular complexity index is 545. The van der Waals surface area contributed by atoms with E-state index >= 15 is 0 Å².